The van der Waals surface area contributed by atoms with Gasteiger partial charge in [-0.15, -0.1) is 0 Å². The van der Waals surface area contributed by atoms with Gasteiger partial charge in [-0.05, 0) is 12.5 Å². The van der Waals surface area contributed by atoms with E-state index in [2.05, 4.69) is 12.0 Å². The number of nitrogens with zero attached hydrogens (tertiary/aromatic N) is 2. The summed E-state index contributed by atoms with van der Waals surface area (Å²) in [5.41, 5.74) is 1.20. The van der Waals surface area contributed by atoms with Gasteiger partial charge in [0.15, 0.2) is 0 Å². The van der Waals surface area contributed by atoms with Crippen LogP contribution in [0, 0.1) is 5.92 Å². The Bertz CT molecular complexity index is 329. The number of aromatic nitrogens is 2. The Morgan fingerprint density at radius 2 is 2.46 bits per heavy atom. The minimum Gasteiger partial charge on any atom is -0.299 e. The standard InChI is InChI=1S/C10H14N2O/c1-3-7-8(6-10(7)13)9-4-5-11-12(9)2/h4-5,7-8H,3,6H2,1-2H3. The Hall–Kier alpha value is -1.12. The topological polar surface area (TPSA) is 34.9 Å². The Balaban J connectivity index is 2.20. The Labute approximate surface area is 77.7 Å². The van der Waals surface area contributed by atoms with Crippen molar-refractivity contribution in [2.24, 2.45) is 13.0 Å². The van der Waals surface area contributed by atoms with Crippen molar-refractivity contribution in [3.05, 3.63) is 18.0 Å². The third kappa shape index (κ3) is 1.19. The van der Waals surface area contributed by atoms with E-state index in [1.165, 1.54) is 5.69 Å². The van der Waals surface area contributed by atoms with E-state index >= 15 is 0 Å². The summed E-state index contributed by atoms with van der Waals surface area (Å²) in [5.74, 6) is 1.08. The Kier molecular flexibility index (Phi) is 1.94. The summed E-state index contributed by atoms with van der Waals surface area (Å²) in [6.07, 6.45) is 3.46. The quantitative estimate of drug-likeness (QED) is 0.688. The number of carbonyl (C=O) groups excluding carboxylic acids is 1. The van der Waals surface area contributed by atoms with E-state index in [1.54, 1.807) is 6.20 Å². The van der Waals surface area contributed by atoms with Crippen molar-refractivity contribution in [2.45, 2.75) is 25.7 Å². The molecule has 0 amide bonds. The number of hydrogen-bond acceptors (Lipinski definition) is 2. The van der Waals surface area contributed by atoms with Gasteiger partial charge >= 0.3 is 0 Å². The molecule has 1 aromatic rings. The lowest BCUT2D eigenvalue weighted by atomic mass is 9.69. The molecule has 3 heteroatoms. The molecule has 0 aromatic carbocycles. The minimum atomic E-state index is 0.246. The summed E-state index contributed by atoms with van der Waals surface area (Å²) >= 11 is 0. The third-order valence-electron chi connectivity index (χ3n) is 3.00. The summed E-state index contributed by atoms with van der Waals surface area (Å²) in [6, 6.07) is 2.01. The van der Waals surface area contributed by atoms with Crippen LogP contribution in [0.15, 0.2) is 12.3 Å². The lowest BCUT2D eigenvalue weighted by Crippen LogP contribution is -2.35. The molecular formula is C10H14N2O. The molecule has 3 nitrogen and oxygen atoms in total. The van der Waals surface area contributed by atoms with Crippen LogP contribution in [-0.2, 0) is 11.8 Å². The number of hydrogen-bond donors (Lipinski definition) is 0. The molecule has 0 saturated heterocycles. The normalized spacial score (nSPS) is 27.4. The van der Waals surface area contributed by atoms with Crippen LogP contribution in [0.1, 0.15) is 31.4 Å². The number of carbonyl (C=O) groups is 1. The fourth-order valence-electron chi connectivity index (χ4n) is 2.14. The molecule has 0 aliphatic heterocycles. The molecule has 1 saturated carbocycles. The van der Waals surface area contributed by atoms with E-state index in [1.807, 2.05) is 17.8 Å². The van der Waals surface area contributed by atoms with Crippen LogP contribution in [0.5, 0.6) is 0 Å². The molecule has 0 spiro atoms. The molecule has 70 valence electrons. The molecule has 0 bridgehead atoms. The highest BCUT2D eigenvalue weighted by Crippen LogP contribution is 2.40. The average Bonchev–Trinajstić information content (AvgIpc) is 2.48. The van der Waals surface area contributed by atoms with Crippen LogP contribution in [0.25, 0.3) is 0 Å². The van der Waals surface area contributed by atoms with Crippen molar-refractivity contribution in [1.29, 1.82) is 0 Å². The molecule has 1 aliphatic carbocycles. The van der Waals surface area contributed by atoms with Gasteiger partial charge in [0, 0.05) is 37.2 Å². The molecule has 2 unspecified atom stereocenters. The second-order valence-electron chi connectivity index (χ2n) is 3.67. The smallest absolute Gasteiger partial charge is 0.137 e. The van der Waals surface area contributed by atoms with Crippen LogP contribution < -0.4 is 0 Å². The lowest BCUT2D eigenvalue weighted by molar-refractivity contribution is -0.131. The van der Waals surface area contributed by atoms with Gasteiger partial charge in [-0.25, -0.2) is 0 Å². The molecule has 2 rings (SSSR count). The van der Waals surface area contributed by atoms with E-state index in [-0.39, 0.29) is 5.92 Å². The first-order chi connectivity index (χ1) is 6.24. The zero-order chi connectivity index (χ0) is 9.42. The second kappa shape index (κ2) is 2.98. The number of ketones is 1. The lowest BCUT2D eigenvalue weighted by Gasteiger charge is -2.34. The fraction of sp³-hybridized carbons (Fsp3) is 0.600. The van der Waals surface area contributed by atoms with Crippen molar-refractivity contribution in [1.82, 2.24) is 9.78 Å². The van der Waals surface area contributed by atoms with Gasteiger partial charge in [0.05, 0.1) is 0 Å². The first kappa shape index (κ1) is 8.48. The Morgan fingerprint density at radius 1 is 1.69 bits per heavy atom. The van der Waals surface area contributed by atoms with Crippen LogP contribution in [-0.4, -0.2) is 15.6 Å². The molecule has 0 radical (unpaired) electrons. The summed E-state index contributed by atoms with van der Waals surface area (Å²) < 4.78 is 1.87. The van der Waals surface area contributed by atoms with Gasteiger partial charge in [0.1, 0.15) is 5.78 Å². The number of Topliss-reactive ketones (excluding diaryl/α,β-unsaturated/α-hetero) is 1. The first-order valence-corrected chi connectivity index (χ1v) is 4.74. The molecule has 0 N–H and O–H groups in total. The molecular weight excluding hydrogens is 164 g/mol. The first-order valence-electron chi connectivity index (χ1n) is 4.74. The van der Waals surface area contributed by atoms with Gasteiger partial charge in [0.2, 0.25) is 0 Å². The van der Waals surface area contributed by atoms with Crippen LogP contribution in [0.4, 0.5) is 0 Å². The van der Waals surface area contributed by atoms with E-state index in [4.69, 9.17) is 0 Å². The second-order valence-corrected chi connectivity index (χ2v) is 3.67. The zero-order valence-corrected chi connectivity index (χ0v) is 8.03. The molecule has 1 fully saturated rings. The van der Waals surface area contributed by atoms with E-state index < -0.39 is 0 Å². The molecule has 1 aromatic heterocycles. The van der Waals surface area contributed by atoms with Crippen molar-refractivity contribution in [3.8, 4) is 0 Å². The maximum Gasteiger partial charge on any atom is 0.137 e. The largest absolute Gasteiger partial charge is 0.299 e. The minimum absolute atomic E-state index is 0.246. The van der Waals surface area contributed by atoms with Crippen molar-refractivity contribution in [3.63, 3.8) is 0 Å². The monoisotopic (exact) mass is 178 g/mol. The number of rotatable bonds is 2. The SMILES string of the molecule is CCC1C(=O)CC1c1ccnn1C. The van der Waals surface area contributed by atoms with Gasteiger partial charge in [-0.2, -0.15) is 5.10 Å². The van der Waals surface area contributed by atoms with Crippen molar-refractivity contribution >= 4 is 5.78 Å². The van der Waals surface area contributed by atoms with Crippen LogP contribution in [0.3, 0.4) is 0 Å². The summed E-state index contributed by atoms with van der Waals surface area (Å²) in [4.78, 5) is 11.2. The summed E-state index contributed by atoms with van der Waals surface area (Å²) in [5, 5.41) is 4.12. The maximum atomic E-state index is 11.2. The van der Waals surface area contributed by atoms with Gasteiger partial charge in [0.25, 0.3) is 0 Å². The molecule has 13 heavy (non-hydrogen) atoms. The predicted octanol–water partition coefficient (Wildman–Crippen LogP) is 1.50. The zero-order valence-electron chi connectivity index (χ0n) is 8.03. The molecule has 1 heterocycles. The van der Waals surface area contributed by atoms with Gasteiger partial charge in [-0.1, -0.05) is 6.92 Å². The van der Waals surface area contributed by atoms with Crippen molar-refractivity contribution in [2.75, 3.05) is 0 Å². The highest BCUT2D eigenvalue weighted by molar-refractivity contribution is 5.89. The van der Waals surface area contributed by atoms with E-state index in [9.17, 15) is 4.79 Å². The molecule has 2 atom stereocenters. The van der Waals surface area contributed by atoms with Crippen LogP contribution >= 0.6 is 0 Å². The van der Waals surface area contributed by atoms with Crippen molar-refractivity contribution < 1.29 is 4.79 Å². The Morgan fingerprint density at radius 3 is 2.92 bits per heavy atom. The maximum absolute atomic E-state index is 11.2. The van der Waals surface area contributed by atoms with E-state index in [0.29, 0.717) is 18.1 Å². The van der Waals surface area contributed by atoms with Gasteiger partial charge < -0.3 is 0 Å². The summed E-state index contributed by atoms with van der Waals surface area (Å²) in [6.45, 7) is 2.07. The van der Waals surface area contributed by atoms with E-state index in [0.717, 1.165) is 6.42 Å². The number of aryl methyl sites for hydroxylation is 1. The third-order valence-corrected chi connectivity index (χ3v) is 3.00. The summed E-state index contributed by atoms with van der Waals surface area (Å²) in [7, 11) is 1.94. The fourth-order valence-corrected chi connectivity index (χ4v) is 2.14. The highest BCUT2D eigenvalue weighted by Gasteiger charge is 2.40. The van der Waals surface area contributed by atoms with Crippen LogP contribution in [0.2, 0.25) is 0 Å². The van der Waals surface area contributed by atoms with Gasteiger partial charge in [-0.3, -0.25) is 9.48 Å². The average molecular weight is 178 g/mol. The highest BCUT2D eigenvalue weighted by atomic mass is 16.1. The predicted molar refractivity (Wildman–Crippen MR) is 49.4 cm³/mol. The molecule has 1 aliphatic rings.